The fourth-order valence-corrected chi connectivity index (χ4v) is 5.55. The molecule has 0 radical (unpaired) electrons. The average Bonchev–Trinajstić information content (AvgIpc) is 3.31. The molecule has 0 bridgehead atoms. The Hall–Kier alpha value is -5.09. The van der Waals surface area contributed by atoms with Crippen molar-refractivity contribution in [3.63, 3.8) is 0 Å². The maximum Gasteiger partial charge on any atom is 0.356 e. The highest BCUT2D eigenvalue weighted by Gasteiger charge is 2.58. The second kappa shape index (κ2) is 13.7. The lowest BCUT2D eigenvalue weighted by Gasteiger charge is -2.46. The Balaban J connectivity index is 1.50. The van der Waals surface area contributed by atoms with Gasteiger partial charge in [-0.2, -0.15) is 0 Å². The average molecular weight is 613 g/mol. The van der Waals surface area contributed by atoms with Crippen LogP contribution in [0.5, 0.6) is 0 Å². The number of nitrogens with two attached hydrogens (primary N) is 1. The minimum atomic E-state index is -0.906. The number of ether oxygens (including phenoxy) is 3. The van der Waals surface area contributed by atoms with Crippen LogP contribution in [0.4, 0.5) is 11.4 Å². The summed E-state index contributed by atoms with van der Waals surface area (Å²) in [6.07, 6.45) is 0.391. The van der Waals surface area contributed by atoms with Gasteiger partial charge in [0, 0.05) is 41.7 Å². The van der Waals surface area contributed by atoms with E-state index >= 15 is 0 Å². The van der Waals surface area contributed by atoms with Crippen LogP contribution in [0.2, 0.25) is 0 Å². The summed E-state index contributed by atoms with van der Waals surface area (Å²) < 4.78 is 16.3. The Morgan fingerprint density at radius 1 is 1.02 bits per heavy atom. The Bertz CT molecular complexity index is 1490. The van der Waals surface area contributed by atoms with E-state index in [0.29, 0.717) is 16.0 Å². The zero-order valence-electron chi connectivity index (χ0n) is 22.2. The molecule has 2 heterocycles. The Labute approximate surface area is 247 Å². The van der Waals surface area contributed by atoms with Gasteiger partial charge in [0.25, 0.3) is 17.8 Å². The molecule has 3 atom stereocenters. The van der Waals surface area contributed by atoms with Crippen molar-refractivity contribution in [1.82, 2.24) is 4.90 Å². The number of rotatable bonds is 15. The molecule has 4 rings (SSSR count). The zero-order chi connectivity index (χ0) is 31.1. The summed E-state index contributed by atoms with van der Waals surface area (Å²) in [5, 5.41) is 23.2. The summed E-state index contributed by atoms with van der Waals surface area (Å²) in [6.45, 7) is -0.310. The van der Waals surface area contributed by atoms with E-state index in [-0.39, 0.29) is 49.8 Å². The normalized spacial score (nSPS) is 18.1. The van der Waals surface area contributed by atoms with Crippen LogP contribution in [0.25, 0.3) is 0 Å². The van der Waals surface area contributed by atoms with Crippen LogP contribution in [-0.4, -0.2) is 57.8 Å². The van der Waals surface area contributed by atoms with Crippen molar-refractivity contribution >= 4 is 47.4 Å². The van der Waals surface area contributed by atoms with Crippen LogP contribution in [0, 0.1) is 26.1 Å². The first-order chi connectivity index (χ1) is 20.6. The van der Waals surface area contributed by atoms with E-state index in [4.69, 9.17) is 19.9 Å². The van der Waals surface area contributed by atoms with Gasteiger partial charge in [0.05, 0.1) is 28.4 Å². The molecule has 2 N–H and O–H groups in total. The molecule has 224 valence electrons. The number of thioether (sulfide) groups is 1. The van der Waals surface area contributed by atoms with E-state index in [1.165, 1.54) is 58.8 Å². The first-order valence-electron chi connectivity index (χ1n) is 12.6. The van der Waals surface area contributed by atoms with E-state index in [9.17, 15) is 39.4 Å². The number of carbonyl (C=O) groups excluding carboxylic acids is 4. The summed E-state index contributed by atoms with van der Waals surface area (Å²) in [4.78, 5) is 71.2. The molecule has 2 aromatic rings. The number of non-ortho nitro benzene ring substituents is 2. The molecule has 2 amide bonds. The topological polar surface area (TPSA) is 212 Å². The van der Waals surface area contributed by atoms with Crippen molar-refractivity contribution in [2.24, 2.45) is 11.7 Å². The van der Waals surface area contributed by atoms with Crippen molar-refractivity contribution < 1.29 is 43.2 Å². The third-order valence-corrected chi connectivity index (χ3v) is 7.58. The second-order valence-corrected chi connectivity index (χ2v) is 10.3. The number of fused-ring (bicyclic) bond motifs is 1. The van der Waals surface area contributed by atoms with E-state index in [1.807, 2.05) is 0 Å². The molecular formula is C27H24N4O11S. The number of benzene rings is 2. The van der Waals surface area contributed by atoms with Gasteiger partial charge in [0.1, 0.15) is 25.0 Å². The fraction of sp³-hybridized carbons (Fsp3) is 0.259. The highest BCUT2D eigenvalue weighted by Crippen LogP contribution is 2.48. The monoisotopic (exact) mass is 612 g/mol. The number of hydrogen-bond donors (Lipinski definition) is 1. The minimum Gasteiger partial charge on any atom is -0.465 e. The highest BCUT2D eigenvalue weighted by atomic mass is 32.2. The number of hydrogen-bond acceptors (Lipinski definition) is 12. The number of β-lactam (4-membered cyclic amide) rings is 1. The van der Waals surface area contributed by atoms with Gasteiger partial charge in [-0.3, -0.25) is 34.6 Å². The van der Waals surface area contributed by atoms with Crippen LogP contribution in [0.15, 0.2) is 70.6 Å². The lowest BCUT2D eigenvalue weighted by Crippen LogP contribution is -2.63. The van der Waals surface area contributed by atoms with E-state index in [1.54, 1.807) is 0 Å². The summed E-state index contributed by atoms with van der Waals surface area (Å²) in [5.41, 5.74) is 5.97. The molecule has 1 fully saturated rings. The van der Waals surface area contributed by atoms with E-state index in [0.717, 1.165) is 17.8 Å². The molecule has 0 aliphatic carbocycles. The number of nitrogens with zero attached hydrogens (tertiary/aromatic N) is 3. The number of carbonyl (C=O) groups is 4. The SMILES string of the molecule is NC(=O)C=CSC1=C(C(=O)OCc2ccc([N+](=O)[O-])cc2)N2C(=O)C(C(COC=O)OCc3ccc([N+](=O)[O-])cc3)C2C1. The molecule has 0 spiro atoms. The first kappa shape index (κ1) is 30.9. The number of primary amides is 1. The van der Waals surface area contributed by atoms with E-state index < -0.39 is 45.7 Å². The summed E-state index contributed by atoms with van der Waals surface area (Å²) in [6, 6.07) is 10.5. The second-order valence-electron chi connectivity index (χ2n) is 9.30. The zero-order valence-corrected chi connectivity index (χ0v) is 23.0. The van der Waals surface area contributed by atoms with Gasteiger partial charge in [-0.05, 0) is 40.8 Å². The smallest absolute Gasteiger partial charge is 0.356 e. The Morgan fingerprint density at radius 3 is 2.14 bits per heavy atom. The van der Waals surface area contributed by atoms with Gasteiger partial charge in [-0.25, -0.2) is 4.79 Å². The maximum absolute atomic E-state index is 13.4. The lowest BCUT2D eigenvalue weighted by molar-refractivity contribution is -0.385. The fourth-order valence-electron chi connectivity index (χ4n) is 4.63. The van der Waals surface area contributed by atoms with Crippen LogP contribution in [0.1, 0.15) is 17.5 Å². The van der Waals surface area contributed by atoms with Gasteiger partial charge in [0.15, 0.2) is 0 Å². The largest absolute Gasteiger partial charge is 0.465 e. The number of esters is 1. The van der Waals surface area contributed by atoms with Crippen LogP contribution >= 0.6 is 11.8 Å². The number of nitro groups is 2. The molecule has 2 aliphatic heterocycles. The van der Waals surface area contributed by atoms with Crippen LogP contribution in [-0.2, 0) is 46.6 Å². The molecule has 16 heteroatoms. The molecule has 15 nitrogen and oxygen atoms in total. The van der Waals surface area contributed by atoms with Crippen molar-refractivity contribution in [3.05, 3.63) is 102 Å². The molecule has 2 aromatic carbocycles. The molecule has 43 heavy (non-hydrogen) atoms. The Morgan fingerprint density at radius 2 is 1.60 bits per heavy atom. The standard InChI is InChI=1S/C27H24N4O11S/c28-23(33)9-10-43-22-11-20-24(21(14-40-15-32)41-12-16-1-5-18(6-2-16)30(36)37)26(34)29(20)25(22)27(35)42-13-17-3-7-19(8-4-17)31(38)39/h1-10,15,20-21,24H,11-14H2,(H2,28,33). The molecule has 0 saturated carbocycles. The van der Waals surface area contributed by atoms with Gasteiger partial charge in [0.2, 0.25) is 11.8 Å². The van der Waals surface area contributed by atoms with Gasteiger partial charge < -0.3 is 24.8 Å². The van der Waals surface area contributed by atoms with Gasteiger partial charge in [-0.15, -0.1) is 0 Å². The van der Waals surface area contributed by atoms with E-state index in [2.05, 4.69) is 0 Å². The minimum absolute atomic E-state index is 0.0299. The predicted octanol–water partition coefficient (Wildman–Crippen LogP) is 2.48. The van der Waals surface area contributed by atoms with Crippen molar-refractivity contribution in [2.45, 2.75) is 31.8 Å². The quantitative estimate of drug-likeness (QED) is 0.0767. The molecule has 0 aromatic heterocycles. The van der Waals surface area contributed by atoms with Crippen LogP contribution in [0.3, 0.4) is 0 Å². The third-order valence-electron chi connectivity index (χ3n) is 6.66. The molecule has 3 unspecified atom stereocenters. The summed E-state index contributed by atoms with van der Waals surface area (Å²) in [5.74, 6) is -2.83. The number of amides is 2. The highest BCUT2D eigenvalue weighted by molar-refractivity contribution is 8.05. The van der Waals surface area contributed by atoms with Gasteiger partial charge in [-0.1, -0.05) is 11.8 Å². The molecule has 2 aliphatic rings. The summed E-state index contributed by atoms with van der Waals surface area (Å²) in [7, 11) is 0. The van der Waals surface area contributed by atoms with Crippen molar-refractivity contribution in [1.29, 1.82) is 0 Å². The number of nitro benzene ring substituents is 2. The summed E-state index contributed by atoms with van der Waals surface area (Å²) >= 11 is 1.02. The Kier molecular flexibility index (Phi) is 9.84. The third kappa shape index (κ3) is 7.22. The lowest BCUT2D eigenvalue weighted by atomic mass is 9.83. The molecular weight excluding hydrogens is 588 g/mol. The van der Waals surface area contributed by atoms with Crippen molar-refractivity contribution in [3.8, 4) is 0 Å². The first-order valence-corrected chi connectivity index (χ1v) is 13.5. The van der Waals surface area contributed by atoms with Crippen LogP contribution < -0.4 is 5.73 Å². The maximum atomic E-state index is 13.4. The predicted molar refractivity (Wildman–Crippen MR) is 148 cm³/mol. The van der Waals surface area contributed by atoms with Crippen molar-refractivity contribution in [2.75, 3.05) is 6.61 Å². The molecule has 1 saturated heterocycles. The van der Waals surface area contributed by atoms with Gasteiger partial charge >= 0.3 is 5.97 Å².